The third kappa shape index (κ3) is 4.55. The Labute approximate surface area is 142 Å². The second-order valence-electron chi connectivity index (χ2n) is 7.04. The van der Waals surface area contributed by atoms with Gasteiger partial charge in [-0.05, 0) is 26.3 Å². The third-order valence-corrected chi connectivity index (χ3v) is 3.77. The van der Waals surface area contributed by atoms with Crippen molar-refractivity contribution in [2.75, 3.05) is 26.3 Å². The number of hydrogen-bond donors (Lipinski definition) is 1. The first-order chi connectivity index (χ1) is 11.2. The average Bonchev–Trinajstić information content (AvgIpc) is 2.54. The molecule has 1 aliphatic heterocycles. The molecular formula is C18H26N2O4. The molecule has 0 saturated carbocycles. The van der Waals surface area contributed by atoms with Gasteiger partial charge in [-0.2, -0.15) is 0 Å². The number of esters is 1. The van der Waals surface area contributed by atoms with Crippen molar-refractivity contribution in [2.45, 2.75) is 38.3 Å². The summed E-state index contributed by atoms with van der Waals surface area (Å²) >= 11 is 0. The van der Waals surface area contributed by atoms with Crippen LogP contribution in [0, 0.1) is 0 Å². The zero-order chi connectivity index (χ0) is 17.8. The van der Waals surface area contributed by atoms with Crippen LogP contribution in [-0.2, 0) is 25.5 Å². The molecule has 1 fully saturated rings. The monoisotopic (exact) mass is 334 g/mol. The van der Waals surface area contributed by atoms with Gasteiger partial charge in [0.1, 0.15) is 5.60 Å². The first-order valence-corrected chi connectivity index (χ1v) is 8.16. The summed E-state index contributed by atoms with van der Waals surface area (Å²) in [6.45, 7) is 7.01. The number of morpholine rings is 1. The lowest BCUT2D eigenvalue weighted by Crippen LogP contribution is -2.64. The Morgan fingerprint density at radius 2 is 1.75 bits per heavy atom. The third-order valence-electron chi connectivity index (χ3n) is 3.77. The van der Waals surface area contributed by atoms with Gasteiger partial charge < -0.3 is 20.1 Å². The number of ether oxygens (including phenoxy) is 2. The molecule has 2 rings (SSSR count). The topological polar surface area (TPSA) is 81.9 Å². The maximum atomic E-state index is 13.0. The zero-order valence-corrected chi connectivity index (χ0v) is 14.6. The number of carbonyl (C=O) groups excluding carboxylic acids is 2. The summed E-state index contributed by atoms with van der Waals surface area (Å²) in [6, 6.07) is 9.27. The van der Waals surface area contributed by atoms with E-state index in [0.717, 1.165) is 5.56 Å². The largest absolute Gasteiger partial charge is 0.458 e. The fraction of sp³-hybridized carbons (Fsp3) is 0.556. The summed E-state index contributed by atoms with van der Waals surface area (Å²) in [6.07, 6.45) is 0.0962. The van der Waals surface area contributed by atoms with Crippen LogP contribution in [0.25, 0.3) is 0 Å². The molecule has 0 aromatic heterocycles. The number of nitrogens with zero attached hydrogens (tertiary/aromatic N) is 1. The highest BCUT2D eigenvalue weighted by Gasteiger charge is 2.47. The van der Waals surface area contributed by atoms with Crippen molar-refractivity contribution in [1.82, 2.24) is 4.90 Å². The van der Waals surface area contributed by atoms with E-state index in [9.17, 15) is 9.59 Å². The summed E-state index contributed by atoms with van der Waals surface area (Å²) in [5.74, 6) is -1.11. The Bertz CT molecular complexity index is 576. The predicted octanol–water partition coefficient (Wildman–Crippen LogP) is 1.13. The number of carbonyl (C=O) groups is 2. The van der Waals surface area contributed by atoms with Gasteiger partial charge in [-0.1, -0.05) is 30.3 Å². The van der Waals surface area contributed by atoms with Gasteiger partial charge in [0.15, 0.2) is 5.54 Å². The van der Waals surface area contributed by atoms with Gasteiger partial charge >= 0.3 is 5.97 Å². The molecule has 132 valence electrons. The molecule has 1 atom stereocenters. The van der Waals surface area contributed by atoms with E-state index in [0.29, 0.717) is 26.3 Å². The van der Waals surface area contributed by atoms with Crippen molar-refractivity contribution in [1.29, 1.82) is 0 Å². The molecule has 0 radical (unpaired) electrons. The summed E-state index contributed by atoms with van der Waals surface area (Å²) in [5, 5.41) is 0. The Kier molecular flexibility index (Phi) is 5.62. The van der Waals surface area contributed by atoms with Crippen LogP contribution in [0.5, 0.6) is 0 Å². The number of benzene rings is 1. The van der Waals surface area contributed by atoms with Gasteiger partial charge in [-0.3, -0.25) is 4.79 Å². The summed E-state index contributed by atoms with van der Waals surface area (Å²) in [7, 11) is 0. The van der Waals surface area contributed by atoms with Gasteiger partial charge in [0.2, 0.25) is 0 Å². The van der Waals surface area contributed by atoms with Crippen LogP contribution in [0.4, 0.5) is 0 Å². The molecule has 0 aliphatic carbocycles. The van der Waals surface area contributed by atoms with Gasteiger partial charge in [0.05, 0.1) is 13.2 Å². The van der Waals surface area contributed by atoms with Crippen LogP contribution in [0.2, 0.25) is 0 Å². The Morgan fingerprint density at radius 1 is 1.17 bits per heavy atom. The lowest BCUT2D eigenvalue weighted by molar-refractivity contribution is -0.168. The van der Waals surface area contributed by atoms with Crippen LogP contribution in [0.1, 0.15) is 26.3 Å². The lowest BCUT2D eigenvalue weighted by Gasteiger charge is -2.36. The van der Waals surface area contributed by atoms with Crippen LogP contribution in [0.15, 0.2) is 30.3 Å². The SMILES string of the molecule is CC(C)(C)OC(=O)[C@](N)(Cc1ccccc1)C(=O)N1CCOCC1. The highest BCUT2D eigenvalue weighted by Crippen LogP contribution is 2.20. The van der Waals surface area contributed by atoms with Crippen molar-refractivity contribution >= 4 is 11.9 Å². The van der Waals surface area contributed by atoms with Crippen molar-refractivity contribution in [3.05, 3.63) is 35.9 Å². The van der Waals surface area contributed by atoms with E-state index < -0.39 is 23.0 Å². The normalized spacial score (nSPS) is 17.9. The van der Waals surface area contributed by atoms with Crippen LogP contribution in [0.3, 0.4) is 0 Å². The van der Waals surface area contributed by atoms with E-state index in [2.05, 4.69) is 0 Å². The number of nitrogens with two attached hydrogens (primary N) is 1. The van der Waals surface area contributed by atoms with E-state index in [1.165, 1.54) is 0 Å². The molecule has 24 heavy (non-hydrogen) atoms. The van der Waals surface area contributed by atoms with E-state index in [4.69, 9.17) is 15.2 Å². The van der Waals surface area contributed by atoms with Crippen molar-refractivity contribution in [3.63, 3.8) is 0 Å². The fourth-order valence-corrected chi connectivity index (χ4v) is 2.57. The quantitative estimate of drug-likeness (QED) is 0.659. The highest BCUT2D eigenvalue weighted by atomic mass is 16.6. The van der Waals surface area contributed by atoms with Crippen molar-refractivity contribution < 1.29 is 19.1 Å². The lowest BCUT2D eigenvalue weighted by atomic mass is 9.89. The minimum Gasteiger partial charge on any atom is -0.458 e. The summed E-state index contributed by atoms with van der Waals surface area (Å²) in [5.41, 5.74) is 4.70. The first kappa shape index (κ1) is 18.4. The van der Waals surface area contributed by atoms with Crippen LogP contribution < -0.4 is 5.73 Å². The van der Waals surface area contributed by atoms with Crippen molar-refractivity contribution in [2.24, 2.45) is 5.73 Å². The minimum absolute atomic E-state index is 0.0962. The molecule has 1 saturated heterocycles. The Balaban J connectivity index is 2.28. The van der Waals surface area contributed by atoms with E-state index >= 15 is 0 Å². The maximum absolute atomic E-state index is 13.0. The molecule has 1 heterocycles. The predicted molar refractivity (Wildman–Crippen MR) is 90.3 cm³/mol. The van der Waals surface area contributed by atoms with Crippen LogP contribution in [-0.4, -0.2) is 54.2 Å². The standard InChI is InChI=1S/C18H26N2O4/c1-17(2,3)24-16(22)18(19,13-14-7-5-4-6-8-14)15(21)20-9-11-23-12-10-20/h4-8H,9-13,19H2,1-3H3/t18-/m0/s1. The Morgan fingerprint density at radius 3 is 2.29 bits per heavy atom. The molecule has 1 amide bonds. The molecule has 0 unspecified atom stereocenters. The summed E-state index contributed by atoms with van der Waals surface area (Å²) in [4.78, 5) is 27.3. The van der Waals surface area contributed by atoms with E-state index in [1.54, 1.807) is 25.7 Å². The number of amides is 1. The molecule has 1 aliphatic rings. The van der Waals surface area contributed by atoms with Gasteiger partial charge in [0.25, 0.3) is 5.91 Å². The van der Waals surface area contributed by atoms with Gasteiger partial charge in [0, 0.05) is 19.5 Å². The van der Waals surface area contributed by atoms with E-state index in [1.807, 2.05) is 30.3 Å². The molecule has 1 aromatic carbocycles. The molecule has 0 spiro atoms. The van der Waals surface area contributed by atoms with E-state index in [-0.39, 0.29) is 6.42 Å². The second-order valence-corrected chi connectivity index (χ2v) is 7.04. The average molecular weight is 334 g/mol. The number of hydrogen-bond acceptors (Lipinski definition) is 5. The summed E-state index contributed by atoms with van der Waals surface area (Å²) < 4.78 is 10.7. The molecule has 0 bridgehead atoms. The molecule has 1 aromatic rings. The van der Waals surface area contributed by atoms with Gasteiger partial charge in [-0.15, -0.1) is 0 Å². The van der Waals surface area contributed by atoms with Crippen molar-refractivity contribution in [3.8, 4) is 0 Å². The molecule has 6 nitrogen and oxygen atoms in total. The smallest absolute Gasteiger partial charge is 0.336 e. The Hall–Kier alpha value is -1.92. The molecular weight excluding hydrogens is 308 g/mol. The fourth-order valence-electron chi connectivity index (χ4n) is 2.57. The second kappa shape index (κ2) is 7.32. The molecule has 6 heteroatoms. The zero-order valence-electron chi connectivity index (χ0n) is 14.6. The molecule has 2 N–H and O–H groups in total. The minimum atomic E-state index is -1.74. The van der Waals surface area contributed by atoms with Gasteiger partial charge in [-0.25, -0.2) is 4.79 Å². The number of rotatable bonds is 4. The maximum Gasteiger partial charge on any atom is 0.336 e. The van der Waals surface area contributed by atoms with Crippen LogP contribution >= 0.6 is 0 Å². The highest BCUT2D eigenvalue weighted by molar-refractivity contribution is 6.07. The first-order valence-electron chi connectivity index (χ1n) is 8.16.